The van der Waals surface area contributed by atoms with E-state index in [0.29, 0.717) is 18.9 Å². The largest absolute Gasteiger partial charge is 0.396 e. The van der Waals surface area contributed by atoms with Crippen molar-refractivity contribution in [3.63, 3.8) is 0 Å². The Hall–Kier alpha value is -1.40. The van der Waals surface area contributed by atoms with E-state index < -0.39 is 0 Å². The Balaban J connectivity index is 2.06. The Labute approximate surface area is 135 Å². The van der Waals surface area contributed by atoms with Crippen LogP contribution >= 0.6 is 11.6 Å². The summed E-state index contributed by atoms with van der Waals surface area (Å²) in [7, 11) is 0. The first-order chi connectivity index (χ1) is 10.4. The zero-order chi connectivity index (χ0) is 16.2. The lowest BCUT2D eigenvalue weighted by Crippen LogP contribution is -2.35. The first kappa shape index (κ1) is 17.0. The van der Waals surface area contributed by atoms with E-state index in [2.05, 4.69) is 20.2 Å². The fourth-order valence-electron chi connectivity index (χ4n) is 2.38. The standard InChI is InChI=1S/C15H23ClN4O2/c1-15(2,5-8-21)10-18-13(22)12-11(16)9-17-14(19-12)20-6-3-4-7-20/h9,21H,3-8,10H2,1-2H3,(H,18,22). The molecule has 2 heterocycles. The smallest absolute Gasteiger partial charge is 0.271 e. The lowest BCUT2D eigenvalue weighted by atomic mass is 9.90. The summed E-state index contributed by atoms with van der Waals surface area (Å²) in [4.78, 5) is 22.9. The number of rotatable bonds is 6. The fraction of sp³-hybridized carbons (Fsp3) is 0.667. The summed E-state index contributed by atoms with van der Waals surface area (Å²) in [5.41, 5.74) is 0.0279. The molecule has 1 saturated heterocycles. The van der Waals surface area contributed by atoms with Crippen LogP contribution in [0.2, 0.25) is 5.02 Å². The molecule has 1 aromatic rings. The molecule has 122 valence electrons. The van der Waals surface area contributed by atoms with Crippen molar-refractivity contribution >= 4 is 23.5 Å². The first-order valence-corrected chi connectivity index (χ1v) is 7.97. The van der Waals surface area contributed by atoms with Crippen LogP contribution in [-0.2, 0) is 0 Å². The molecule has 1 fully saturated rings. The lowest BCUT2D eigenvalue weighted by Gasteiger charge is -2.24. The van der Waals surface area contributed by atoms with E-state index in [9.17, 15) is 4.79 Å². The molecule has 0 aliphatic carbocycles. The van der Waals surface area contributed by atoms with Gasteiger partial charge in [0.1, 0.15) is 0 Å². The number of aromatic nitrogens is 2. The van der Waals surface area contributed by atoms with Crippen LogP contribution in [-0.4, -0.2) is 47.2 Å². The third-order valence-electron chi connectivity index (χ3n) is 3.85. The molecule has 1 aromatic heterocycles. The molecule has 2 N–H and O–H groups in total. The van der Waals surface area contributed by atoms with Crippen LogP contribution in [0.25, 0.3) is 0 Å². The highest BCUT2D eigenvalue weighted by Gasteiger charge is 2.22. The van der Waals surface area contributed by atoms with Crippen LogP contribution in [0, 0.1) is 5.41 Å². The maximum absolute atomic E-state index is 12.3. The number of nitrogens with zero attached hydrogens (tertiary/aromatic N) is 3. The van der Waals surface area contributed by atoms with Gasteiger partial charge in [-0.1, -0.05) is 25.4 Å². The predicted octanol–water partition coefficient (Wildman–Crippen LogP) is 1.87. The Bertz CT molecular complexity index is 530. The number of carbonyl (C=O) groups excluding carboxylic acids is 1. The number of anilines is 1. The molecule has 0 bridgehead atoms. The number of aliphatic hydroxyl groups excluding tert-OH is 1. The molecule has 2 rings (SSSR count). The van der Waals surface area contributed by atoms with Gasteiger partial charge in [-0.2, -0.15) is 0 Å². The summed E-state index contributed by atoms with van der Waals surface area (Å²) in [6.45, 7) is 6.34. The van der Waals surface area contributed by atoms with Crippen molar-refractivity contribution in [2.24, 2.45) is 5.41 Å². The van der Waals surface area contributed by atoms with Gasteiger partial charge in [0.2, 0.25) is 5.95 Å². The third-order valence-corrected chi connectivity index (χ3v) is 4.13. The quantitative estimate of drug-likeness (QED) is 0.834. The minimum absolute atomic E-state index is 0.0935. The third kappa shape index (κ3) is 4.30. The zero-order valence-corrected chi connectivity index (χ0v) is 13.9. The Morgan fingerprint density at radius 1 is 1.45 bits per heavy atom. The Morgan fingerprint density at radius 2 is 2.14 bits per heavy atom. The van der Waals surface area contributed by atoms with Crippen LogP contribution in [0.4, 0.5) is 5.95 Å². The summed E-state index contributed by atoms with van der Waals surface area (Å²) in [6, 6.07) is 0. The van der Waals surface area contributed by atoms with Gasteiger partial charge in [-0.3, -0.25) is 4.79 Å². The van der Waals surface area contributed by atoms with Crippen molar-refractivity contribution < 1.29 is 9.90 Å². The maximum atomic E-state index is 12.3. The van der Waals surface area contributed by atoms with Crippen LogP contribution in [0.15, 0.2) is 6.20 Å². The molecule has 1 aliphatic rings. The van der Waals surface area contributed by atoms with Gasteiger partial charge in [-0.15, -0.1) is 0 Å². The maximum Gasteiger partial charge on any atom is 0.271 e. The minimum Gasteiger partial charge on any atom is -0.396 e. The topological polar surface area (TPSA) is 78.3 Å². The fourth-order valence-corrected chi connectivity index (χ4v) is 2.56. The van der Waals surface area contributed by atoms with Gasteiger partial charge in [0.15, 0.2) is 5.69 Å². The SMILES string of the molecule is CC(C)(CCO)CNC(=O)c1nc(N2CCCC2)ncc1Cl. The van der Waals surface area contributed by atoms with Gasteiger partial charge < -0.3 is 15.3 Å². The van der Waals surface area contributed by atoms with Gasteiger partial charge in [0, 0.05) is 26.2 Å². The molecule has 0 unspecified atom stereocenters. The van der Waals surface area contributed by atoms with E-state index in [0.717, 1.165) is 25.9 Å². The minimum atomic E-state index is -0.307. The Kier molecular flexibility index (Phi) is 5.58. The average molecular weight is 327 g/mol. The van der Waals surface area contributed by atoms with Crippen LogP contribution in [0.1, 0.15) is 43.6 Å². The van der Waals surface area contributed by atoms with Crippen molar-refractivity contribution in [3.05, 3.63) is 16.9 Å². The van der Waals surface area contributed by atoms with Gasteiger partial charge in [-0.25, -0.2) is 9.97 Å². The van der Waals surface area contributed by atoms with Gasteiger partial charge in [0.25, 0.3) is 5.91 Å². The van der Waals surface area contributed by atoms with Crippen molar-refractivity contribution in [3.8, 4) is 0 Å². The first-order valence-electron chi connectivity index (χ1n) is 7.59. The number of nitrogens with one attached hydrogen (secondary N) is 1. The number of carbonyl (C=O) groups is 1. The normalized spacial score (nSPS) is 15.2. The molecule has 1 aliphatic heterocycles. The lowest BCUT2D eigenvalue weighted by molar-refractivity contribution is 0.0923. The van der Waals surface area contributed by atoms with E-state index in [1.807, 2.05) is 13.8 Å². The highest BCUT2D eigenvalue weighted by Crippen LogP contribution is 2.21. The van der Waals surface area contributed by atoms with Gasteiger partial charge in [0.05, 0.1) is 11.2 Å². The van der Waals surface area contributed by atoms with Crippen molar-refractivity contribution in [1.29, 1.82) is 0 Å². The van der Waals surface area contributed by atoms with Gasteiger partial charge in [-0.05, 0) is 24.7 Å². The number of aliphatic hydroxyl groups is 1. The second-order valence-corrected chi connectivity index (χ2v) is 6.79. The predicted molar refractivity (Wildman–Crippen MR) is 86.3 cm³/mol. The molecule has 1 amide bonds. The number of halogens is 1. The molecule has 22 heavy (non-hydrogen) atoms. The monoisotopic (exact) mass is 326 g/mol. The highest BCUT2D eigenvalue weighted by atomic mass is 35.5. The summed E-state index contributed by atoms with van der Waals surface area (Å²) < 4.78 is 0. The molecule has 6 nitrogen and oxygen atoms in total. The summed E-state index contributed by atoms with van der Waals surface area (Å²) in [5.74, 6) is 0.250. The van der Waals surface area contributed by atoms with Crippen LogP contribution in [0.5, 0.6) is 0 Å². The average Bonchev–Trinajstić information content (AvgIpc) is 2.99. The number of amides is 1. The van der Waals surface area contributed by atoms with E-state index in [4.69, 9.17) is 16.7 Å². The summed E-state index contributed by atoms with van der Waals surface area (Å²) in [6.07, 6.45) is 4.32. The van der Waals surface area contributed by atoms with Crippen molar-refractivity contribution in [1.82, 2.24) is 15.3 Å². The molecule has 0 aromatic carbocycles. The summed E-state index contributed by atoms with van der Waals surface area (Å²) in [5, 5.41) is 12.1. The number of hydrogen-bond donors (Lipinski definition) is 2. The van der Waals surface area contributed by atoms with Crippen LogP contribution in [0.3, 0.4) is 0 Å². The van der Waals surface area contributed by atoms with Crippen LogP contribution < -0.4 is 10.2 Å². The van der Waals surface area contributed by atoms with E-state index in [1.165, 1.54) is 6.20 Å². The van der Waals surface area contributed by atoms with E-state index in [-0.39, 0.29) is 28.6 Å². The van der Waals surface area contributed by atoms with Crippen molar-refractivity contribution in [2.75, 3.05) is 31.1 Å². The molecular weight excluding hydrogens is 304 g/mol. The molecule has 0 spiro atoms. The molecule has 7 heteroatoms. The molecule has 0 radical (unpaired) electrons. The molecule has 0 atom stereocenters. The van der Waals surface area contributed by atoms with Crippen molar-refractivity contribution in [2.45, 2.75) is 33.1 Å². The molecule has 0 saturated carbocycles. The Morgan fingerprint density at radius 3 is 2.77 bits per heavy atom. The second-order valence-electron chi connectivity index (χ2n) is 6.38. The second kappa shape index (κ2) is 7.24. The van der Waals surface area contributed by atoms with E-state index in [1.54, 1.807) is 0 Å². The molecular formula is C15H23ClN4O2. The summed E-state index contributed by atoms with van der Waals surface area (Å²) >= 11 is 6.06. The number of hydrogen-bond acceptors (Lipinski definition) is 5. The zero-order valence-electron chi connectivity index (χ0n) is 13.1. The highest BCUT2D eigenvalue weighted by molar-refractivity contribution is 6.33. The van der Waals surface area contributed by atoms with Gasteiger partial charge >= 0.3 is 0 Å². The van der Waals surface area contributed by atoms with E-state index >= 15 is 0 Å².